The van der Waals surface area contributed by atoms with Gasteiger partial charge in [0.05, 0.1) is 6.61 Å². The van der Waals surface area contributed by atoms with Crippen LogP contribution in [0.3, 0.4) is 0 Å². The lowest BCUT2D eigenvalue weighted by Gasteiger charge is -2.04. The minimum atomic E-state index is -2.77. The lowest BCUT2D eigenvalue weighted by molar-refractivity contribution is 0.0507. The normalized spacial score (nSPS) is 10.8. The lowest BCUT2D eigenvalue weighted by Crippen LogP contribution is -2.10. The summed E-state index contributed by atoms with van der Waals surface area (Å²) in [4.78, 5) is 15.0. The zero-order valence-electron chi connectivity index (χ0n) is 8.13. The van der Waals surface area contributed by atoms with E-state index in [-0.39, 0.29) is 17.0 Å². The highest BCUT2D eigenvalue weighted by molar-refractivity contribution is 9.10. The largest absolute Gasteiger partial charge is 0.461 e. The molecule has 0 fully saturated rings. The maximum Gasteiger partial charge on any atom is 0.359 e. The van der Waals surface area contributed by atoms with Gasteiger partial charge in [-0.15, -0.1) is 0 Å². The summed E-state index contributed by atoms with van der Waals surface area (Å²) in [5.41, 5.74) is -0.790. The van der Waals surface area contributed by atoms with E-state index in [1.54, 1.807) is 6.92 Å². The van der Waals surface area contributed by atoms with Crippen LogP contribution in [0.1, 0.15) is 29.5 Å². The van der Waals surface area contributed by atoms with Crippen molar-refractivity contribution in [3.05, 3.63) is 16.1 Å². The van der Waals surface area contributed by atoms with Gasteiger partial charge in [-0.25, -0.2) is 18.6 Å². The Hall–Kier alpha value is -0.980. The zero-order chi connectivity index (χ0) is 11.6. The predicted molar refractivity (Wildman–Crippen MR) is 51.8 cm³/mol. The second-order valence-corrected chi connectivity index (χ2v) is 3.40. The van der Waals surface area contributed by atoms with Gasteiger partial charge in [-0.05, 0) is 22.9 Å². The Morgan fingerprint density at radius 3 is 2.73 bits per heavy atom. The predicted octanol–water partition coefficient (Wildman–Crippen LogP) is 2.30. The van der Waals surface area contributed by atoms with Crippen LogP contribution in [-0.4, -0.2) is 22.1 Å². The minimum absolute atomic E-state index is 0.121. The van der Waals surface area contributed by atoms with Crippen LogP contribution in [0.25, 0.3) is 0 Å². The van der Waals surface area contributed by atoms with Crippen LogP contribution >= 0.6 is 15.9 Å². The topological polar surface area (TPSA) is 44.1 Å². The first-order valence-electron chi connectivity index (χ1n) is 4.16. The number of esters is 1. The quantitative estimate of drug-likeness (QED) is 0.799. The number of halogens is 3. The highest BCUT2D eigenvalue weighted by Gasteiger charge is 2.26. The van der Waals surface area contributed by atoms with E-state index in [1.165, 1.54) is 7.05 Å². The zero-order valence-corrected chi connectivity index (χ0v) is 9.72. The molecule has 4 nitrogen and oxygen atoms in total. The van der Waals surface area contributed by atoms with E-state index >= 15 is 0 Å². The van der Waals surface area contributed by atoms with Crippen molar-refractivity contribution in [3.63, 3.8) is 0 Å². The number of nitrogens with zero attached hydrogens (tertiary/aromatic N) is 2. The number of imidazole rings is 1. The summed E-state index contributed by atoms with van der Waals surface area (Å²) in [6.45, 7) is 1.72. The fraction of sp³-hybridized carbons (Fsp3) is 0.500. The molecule has 1 aromatic rings. The molecule has 1 rings (SSSR count). The summed E-state index contributed by atoms with van der Waals surface area (Å²) in [5.74, 6) is -0.839. The number of hydrogen-bond acceptors (Lipinski definition) is 3. The molecule has 0 saturated carbocycles. The van der Waals surface area contributed by atoms with Crippen molar-refractivity contribution < 1.29 is 18.3 Å². The molecule has 0 aliphatic carbocycles. The second-order valence-electron chi connectivity index (χ2n) is 2.69. The maximum absolute atomic E-state index is 12.6. The number of alkyl halides is 2. The SMILES string of the molecule is CCOC(=O)c1nc(Br)n(C)c1C(F)F. The Labute approximate surface area is 93.4 Å². The van der Waals surface area contributed by atoms with E-state index in [1.807, 2.05) is 0 Å². The van der Waals surface area contributed by atoms with Crippen molar-refractivity contribution in [2.24, 2.45) is 7.05 Å². The summed E-state index contributed by atoms with van der Waals surface area (Å²) >= 11 is 2.97. The molecule has 7 heteroatoms. The van der Waals surface area contributed by atoms with Gasteiger partial charge in [0.1, 0.15) is 5.69 Å². The molecule has 1 heterocycles. The van der Waals surface area contributed by atoms with Gasteiger partial charge < -0.3 is 9.30 Å². The molecular weight excluding hydrogens is 274 g/mol. The molecule has 0 saturated heterocycles. The molecule has 15 heavy (non-hydrogen) atoms. The third kappa shape index (κ3) is 2.34. The molecule has 0 atom stereocenters. The van der Waals surface area contributed by atoms with E-state index in [4.69, 9.17) is 0 Å². The van der Waals surface area contributed by atoms with Crippen molar-refractivity contribution in [3.8, 4) is 0 Å². The van der Waals surface area contributed by atoms with E-state index in [0.29, 0.717) is 0 Å². The van der Waals surface area contributed by atoms with Crippen LogP contribution in [0.2, 0.25) is 0 Å². The number of rotatable bonds is 3. The van der Waals surface area contributed by atoms with Gasteiger partial charge in [-0.1, -0.05) is 0 Å². The van der Waals surface area contributed by atoms with Gasteiger partial charge in [-0.2, -0.15) is 0 Å². The number of carbonyl (C=O) groups excluding carboxylic acids is 1. The smallest absolute Gasteiger partial charge is 0.359 e. The molecule has 0 N–H and O–H groups in total. The highest BCUT2D eigenvalue weighted by Crippen LogP contribution is 2.26. The summed E-state index contributed by atoms with van der Waals surface area (Å²) in [6.07, 6.45) is -2.77. The molecule has 0 aliphatic rings. The van der Waals surface area contributed by atoms with Crippen molar-refractivity contribution in [2.75, 3.05) is 6.61 Å². The Balaban J connectivity index is 3.17. The monoisotopic (exact) mass is 282 g/mol. The molecule has 0 spiro atoms. The first kappa shape index (κ1) is 12.1. The van der Waals surface area contributed by atoms with Gasteiger partial charge in [0, 0.05) is 7.05 Å². The van der Waals surface area contributed by atoms with Crippen LogP contribution in [0.5, 0.6) is 0 Å². The fourth-order valence-electron chi connectivity index (χ4n) is 1.08. The van der Waals surface area contributed by atoms with Gasteiger partial charge in [0.2, 0.25) is 0 Å². The van der Waals surface area contributed by atoms with Crippen LogP contribution in [0, 0.1) is 0 Å². The first-order chi connectivity index (χ1) is 6.99. The van der Waals surface area contributed by atoms with Crippen molar-refractivity contribution >= 4 is 21.9 Å². The third-order valence-corrected chi connectivity index (χ3v) is 2.47. The Kier molecular flexibility index (Phi) is 3.78. The molecule has 0 radical (unpaired) electrons. The Morgan fingerprint density at radius 2 is 2.27 bits per heavy atom. The van der Waals surface area contributed by atoms with Crippen molar-refractivity contribution in [1.82, 2.24) is 9.55 Å². The Morgan fingerprint density at radius 1 is 1.67 bits per heavy atom. The molecular formula is C8H9BrF2N2O2. The summed E-state index contributed by atoms with van der Waals surface area (Å²) in [5, 5.41) is 0. The van der Waals surface area contributed by atoms with Gasteiger partial charge in [-0.3, -0.25) is 0 Å². The van der Waals surface area contributed by atoms with E-state index < -0.39 is 18.1 Å². The fourth-order valence-corrected chi connectivity index (χ4v) is 1.45. The summed E-state index contributed by atoms with van der Waals surface area (Å²) < 4.78 is 31.1. The number of hydrogen-bond donors (Lipinski definition) is 0. The summed E-state index contributed by atoms with van der Waals surface area (Å²) in [7, 11) is 1.39. The number of aromatic nitrogens is 2. The number of carbonyl (C=O) groups is 1. The van der Waals surface area contributed by atoms with Crippen LogP contribution in [0.15, 0.2) is 4.73 Å². The van der Waals surface area contributed by atoms with Crippen molar-refractivity contribution in [2.45, 2.75) is 13.3 Å². The van der Waals surface area contributed by atoms with Gasteiger partial charge >= 0.3 is 5.97 Å². The average Bonchev–Trinajstić information content (AvgIpc) is 2.44. The molecule has 84 valence electrons. The van der Waals surface area contributed by atoms with E-state index in [0.717, 1.165) is 4.57 Å². The van der Waals surface area contributed by atoms with Gasteiger partial charge in [0.25, 0.3) is 6.43 Å². The van der Waals surface area contributed by atoms with E-state index in [2.05, 4.69) is 25.7 Å². The number of ether oxygens (including phenoxy) is 1. The molecule has 1 aromatic heterocycles. The summed E-state index contributed by atoms with van der Waals surface area (Å²) in [6, 6.07) is 0. The molecule has 0 aliphatic heterocycles. The average molecular weight is 283 g/mol. The highest BCUT2D eigenvalue weighted by atomic mass is 79.9. The lowest BCUT2D eigenvalue weighted by atomic mass is 10.3. The van der Waals surface area contributed by atoms with Crippen LogP contribution in [-0.2, 0) is 11.8 Å². The standard InChI is InChI=1S/C8H9BrF2N2O2/c1-3-15-7(14)4-5(6(10)11)13(2)8(9)12-4/h6H,3H2,1-2H3. The third-order valence-electron chi connectivity index (χ3n) is 1.76. The first-order valence-corrected chi connectivity index (χ1v) is 4.95. The van der Waals surface area contributed by atoms with E-state index in [9.17, 15) is 13.6 Å². The molecule has 0 unspecified atom stereocenters. The van der Waals surface area contributed by atoms with Crippen LogP contribution < -0.4 is 0 Å². The van der Waals surface area contributed by atoms with Gasteiger partial charge in [0.15, 0.2) is 10.4 Å². The van der Waals surface area contributed by atoms with Crippen LogP contribution in [0.4, 0.5) is 8.78 Å². The molecule has 0 amide bonds. The maximum atomic E-state index is 12.6. The molecule has 0 aromatic carbocycles. The Bertz CT molecular complexity index is 379. The minimum Gasteiger partial charge on any atom is -0.461 e. The molecule has 0 bridgehead atoms. The second kappa shape index (κ2) is 4.69. The van der Waals surface area contributed by atoms with Crippen molar-refractivity contribution in [1.29, 1.82) is 0 Å².